The second kappa shape index (κ2) is 4.89. The maximum atomic E-state index is 6.14. The molecule has 0 amide bonds. The zero-order chi connectivity index (χ0) is 12.4. The molecule has 0 spiro atoms. The van der Waals surface area contributed by atoms with Crippen molar-refractivity contribution in [3.05, 3.63) is 34.4 Å². The van der Waals surface area contributed by atoms with Gasteiger partial charge in [-0.1, -0.05) is 11.6 Å². The molecule has 0 aliphatic rings. The molecule has 2 rings (SSSR count). The van der Waals surface area contributed by atoms with Crippen LogP contribution in [0.25, 0.3) is 0 Å². The first-order chi connectivity index (χ1) is 8.08. The zero-order valence-corrected chi connectivity index (χ0v) is 11.0. The number of aromatic nitrogens is 4. The largest absolute Gasteiger partial charge is 0.308 e. The number of rotatable bonds is 4. The first kappa shape index (κ1) is 12.1. The molecule has 0 aromatic carbocycles. The van der Waals surface area contributed by atoms with Crippen LogP contribution >= 0.6 is 11.6 Å². The van der Waals surface area contributed by atoms with Gasteiger partial charge in [0.2, 0.25) is 0 Å². The Morgan fingerprint density at radius 3 is 2.65 bits per heavy atom. The van der Waals surface area contributed by atoms with Gasteiger partial charge in [0.25, 0.3) is 0 Å². The molecule has 1 N–H and O–H groups in total. The zero-order valence-electron chi connectivity index (χ0n) is 10.2. The van der Waals surface area contributed by atoms with Crippen molar-refractivity contribution in [3.63, 3.8) is 0 Å². The summed E-state index contributed by atoms with van der Waals surface area (Å²) in [5.74, 6) is 0. The van der Waals surface area contributed by atoms with E-state index in [2.05, 4.69) is 15.5 Å². The second-order valence-electron chi connectivity index (χ2n) is 4.10. The van der Waals surface area contributed by atoms with Crippen molar-refractivity contribution in [2.24, 2.45) is 14.1 Å². The van der Waals surface area contributed by atoms with E-state index in [0.29, 0.717) is 11.7 Å². The predicted octanol–water partition coefficient (Wildman–Crippen LogP) is 1.41. The summed E-state index contributed by atoms with van der Waals surface area (Å²) in [5.41, 5.74) is 3.18. The van der Waals surface area contributed by atoms with Gasteiger partial charge in [-0.25, -0.2) is 0 Å². The van der Waals surface area contributed by atoms with E-state index in [1.165, 1.54) is 0 Å². The Kier molecular flexibility index (Phi) is 3.49. The molecule has 0 aliphatic carbocycles. The predicted molar refractivity (Wildman–Crippen MR) is 66.7 cm³/mol. The van der Waals surface area contributed by atoms with Crippen LogP contribution in [0.3, 0.4) is 0 Å². The van der Waals surface area contributed by atoms with E-state index in [9.17, 15) is 0 Å². The SMILES string of the molecule is Cc1nn(C)c(Cl)c1CNCc1cnn(C)c1. The van der Waals surface area contributed by atoms with E-state index in [-0.39, 0.29) is 0 Å². The Morgan fingerprint density at radius 2 is 2.12 bits per heavy atom. The standard InChI is InChI=1S/C11H16ClN5/c1-8-10(11(12)17(3)15-8)6-13-4-9-5-14-16(2)7-9/h5,7,13H,4,6H2,1-3H3. The molecular weight excluding hydrogens is 238 g/mol. The van der Waals surface area contributed by atoms with Gasteiger partial charge in [-0.15, -0.1) is 0 Å². The van der Waals surface area contributed by atoms with Gasteiger partial charge in [-0.3, -0.25) is 9.36 Å². The molecule has 2 heterocycles. The molecule has 0 fully saturated rings. The summed E-state index contributed by atoms with van der Waals surface area (Å²) in [4.78, 5) is 0. The van der Waals surface area contributed by atoms with E-state index < -0.39 is 0 Å². The van der Waals surface area contributed by atoms with Crippen LogP contribution in [0.5, 0.6) is 0 Å². The summed E-state index contributed by atoms with van der Waals surface area (Å²) in [6, 6.07) is 0. The Morgan fingerprint density at radius 1 is 1.35 bits per heavy atom. The van der Waals surface area contributed by atoms with Crippen LogP contribution in [0, 0.1) is 6.92 Å². The van der Waals surface area contributed by atoms with Crippen molar-refractivity contribution < 1.29 is 0 Å². The fourth-order valence-corrected chi connectivity index (χ4v) is 2.01. The maximum Gasteiger partial charge on any atom is 0.131 e. The molecule has 0 saturated carbocycles. The Hall–Kier alpha value is -1.33. The fraction of sp³-hybridized carbons (Fsp3) is 0.455. The summed E-state index contributed by atoms with van der Waals surface area (Å²) in [6.45, 7) is 3.46. The summed E-state index contributed by atoms with van der Waals surface area (Å²) in [7, 11) is 3.76. The van der Waals surface area contributed by atoms with Crippen LogP contribution in [0.15, 0.2) is 12.4 Å². The van der Waals surface area contributed by atoms with Gasteiger partial charge in [0, 0.05) is 44.5 Å². The van der Waals surface area contributed by atoms with Crippen LogP contribution in [0.4, 0.5) is 0 Å². The third-order valence-electron chi connectivity index (χ3n) is 2.66. The van der Waals surface area contributed by atoms with Crippen molar-refractivity contribution in [1.29, 1.82) is 0 Å². The number of aryl methyl sites for hydroxylation is 3. The lowest BCUT2D eigenvalue weighted by molar-refractivity contribution is 0.689. The highest BCUT2D eigenvalue weighted by molar-refractivity contribution is 6.30. The number of nitrogens with zero attached hydrogens (tertiary/aromatic N) is 4. The van der Waals surface area contributed by atoms with E-state index in [4.69, 9.17) is 11.6 Å². The van der Waals surface area contributed by atoms with E-state index in [1.54, 1.807) is 9.36 Å². The normalized spacial score (nSPS) is 11.1. The van der Waals surface area contributed by atoms with Crippen LogP contribution in [-0.4, -0.2) is 19.6 Å². The number of nitrogens with one attached hydrogen (secondary N) is 1. The lowest BCUT2D eigenvalue weighted by Gasteiger charge is -2.02. The van der Waals surface area contributed by atoms with Crippen molar-refractivity contribution in [3.8, 4) is 0 Å². The molecule has 5 nitrogen and oxygen atoms in total. The molecule has 92 valence electrons. The van der Waals surface area contributed by atoms with Gasteiger partial charge in [-0.2, -0.15) is 10.2 Å². The van der Waals surface area contributed by atoms with Gasteiger partial charge >= 0.3 is 0 Å². The number of hydrogen-bond acceptors (Lipinski definition) is 3. The Labute approximate surface area is 105 Å². The van der Waals surface area contributed by atoms with E-state index >= 15 is 0 Å². The van der Waals surface area contributed by atoms with Crippen LogP contribution < -0.4 is 5.32 Å². The average molecular weight is 254 g/mol. The Balaban J connectivity index is 1.94. The van der Waals surface area contributed by atoms with Gasteiger partial charge in [0.15, 0.2) is 0 Å². The Bertz CT molecular complexity index is 514. The van der Waals surface area contributed by atoms with Crippen LogP contribution in [0.2, 0.25) is 5.15 Å². The third kappa shape index (κ3) is 2.68. The smallest absolute Gasteiger partial charge is 0.131 e. The first-order valence-electron chi connectivity index (χ1n) is 5.44. The second-order valence-corrected chi connectivity index (χ2v) is 4.46. The molecular formula is C11H16ClN5. The van der Waals surface area contributed by atoms with Gasteiger partial charge in [0.05, 0.1) is 11.9 Å². The highest BCUT2D eigenvalue weighted by atomic mass is 35.5. The van der Waals surface area contributed by atoms with Gasteiger partial charge < -0.3 is 5.32 Å². The molecule has 0 aliphatic heterocycles. The summed E-state index contributed by atoms with van der Waals surface area (Å²) < 4.78 is 3.48. The summed E-state index contributed by atoms with van der Waals surface area (Å²) in [5, 5.41) is 12.4. The first-order valence-corrected chi connectivity index (χ1v) is 5.82. The maximum absolute atomic E-state index is 6.14. The van der Waals surface area contributed by atoms with Gasteiger partial charge in [-0.05, 0) is 6.92 Å². The molecule has 6 heteroatoms. The summed E-state index contributed by atoms with van der Waals surface area (Å²) in [6.07, 6.45) is 3.84. The van der Waals surface area contributed by atoms with Crippen molar-refractivity contribution >= 4 is 11.6 Å². The fourth-order valence-electron chi connectivity index (χ4n) is 1.77. The van der Waals surface area contributed by atoms with Crippen molar-refractivity contribution in [1.82, 2.24) is 24.9 Å². The molecule has 2 aromatic heterocycles. The van der Waals surface area contributed by atoms with E-state index in [1.807, 2.05) is 33.4 Å². The number of halogens is 1. The quantitative estimate of drug-likeness (QED) is 0.896. The highest BCUT2D eigenvalue weighted by Gasteiger charge is 2.10. The minimum atomic E-state index is 0.696. The highest BCUT2D eigenvalue weighted by Crippen LogP contribution is 2.18. The topological polar surface area (TPSA) is 47.7 Å². The third-order valence-corrected chi connectivity index (χ3v) is 3.13. The van der Waals surface area contributed by atoms with Crippen LogP contribution in [-0.2, 0) is 27.2 Å². The molecule has 0 radical (unpaired) electrons. The lowest BCUT2D eigenvalue weighted by atomic mass is 10.2. The lowest BCUT2D eigenvalue weighted by Crippen LogP contribution is -2.13. The minimum Gasteiger partial charge on any atom is -0.308 e. The molecule has 0 bridgehead atoms. The minimum absolute atomic E-state index is 0.696. The van der Waals surface area contributed by atoms with Gasteiger partial charge in [0.1, 0.15) is 5.15 Å². The molecule has 0 unspecified atom stereocenters. The van der Waals surface area contributed by atoms with Crippen molar-refractivity contribution in [2.45, 2.75) is 20.0 Å². The average Bonchev–Trinajstić information content (AvgIpc) is 2.78. The summed E-state index contributed by atoms with van der Waals surface area (Å²) >= 11 is 6.14. The van der Waals surface area contributed by atoms with Crippen LogP contribution in [0.1, 0.15) is 16.8 Å². The van der Waals surface area contributed by atoms with E-state index in [0.717, 1.165) is 23.4 Å². The number of hydrogen-bond donors (Lipinski definition) is 1. The molecule has 2 aromatic rings. The van der Waals surface area contributed by atoms with Crippen molar-refractivity contribution in [2.75, 3.05) is 0 Å². The molecule has 0 saturated heterocycles. The monoisotopic (exact) mass is 253 g/mol. The molecule has 17 heavy (non-hydrogen) atoms. The molecule has 0 atom stereocenters.